The fourth-order valence-corrected chi connectivity index (χ4v) is 7.02. The van der Waals surface area contributed by atoms with Crippen LogP contribution in [-0.4, -0.2) is 24.2 Å². The molecule has 6 fully saturated rings. The molecule has 4 heteroatoms. The highest BCUT2D eigenvalue weighted by Gasteiger charge is 2.64. The van der Waals surface area contributed by atoms with Gasteiger partial charge < -0.3 is 9.84 Å². The highest BCUT2D eigenvalue weighted by molar-refractivity contribution is 6.00. The zero-order valence-corrected chi connectivity index (χ0v) is 14.7. The van der Waals surface area contributed by atoms with Crippen LogP contribution in [0.2, 0.25) is 0 Å². The van der Waals surface area contributed by atoms with Gasteiger partial charge in [0.05, 0.1) is 7.11 Å². The molecule has 24 heavy (non-hydrogen) atoms. The van der Waals surface area contributed by atoms with Crippen molar-refractivity contribution < 1.29 is 19.4 Å². The Morgan fingerprint density at radius 2 is 1.25 bits per heavy atom. The average molecular weight is 334 g/mol. The van der Waals surface area contributed by atoms with Crippen molar-refractivity contribution in [3.05, 3.63) is 0 Å². The maximum Gasteiger partial charge on any atom is 0.323 e. The lowest BCUT2D eigenvalue weighted by Gasteiger charge is -2.55. The van der Waals surface area contributed by atoms with Crippen molar-refractivity contribution in [2.45, 2.75) is 64.2 Å². The van der Waals surface area contributed by atoms with Gasteiger partial charge in [-0.15, -0.1) is 0 Å². The number of hydrogen-bond donors (Lipinski definition) is 1. The normalized spacial score (nSPS) is 43.2. The molecule has 2 atom stereocenters. The third-order valence-electron chi connectivity index (χ3n) is 8.14. The SMILES string of the molecule is COC(=O)C(C(=O)O)(C1CC2CCC1CC2)C1CC2CCC1CC2. The molecule has 0 amide bonds. The Balaban J connectivity index is 1.77. The third kappa shape index (κ3) is 2.24. The van der Waals surface area contributed by atoms with Crippen LogP contribution in [0.5, 0.6) is 0 Å². The zero-order chi connectivity index (χ0) is 16.9. The molecule has 4 nitrogen and oxygen atoms in total. The number of methoxy groups -OCH3 is 1. The van der Waals surface area contributed by atoms with E-state index in [4.69, 9.17) is 4.74 Å². The molecule has 6 saturated carbocycles. The molecule has 0 aromatic carbocycles. The molecule has 0 aliphatic heterocycles. The molecule has 0 aromatic rings. The lowest BCUT2D eigenvalue weighted by molar-refractivity contribution is -0.192. The quantitative estimate of drug-likeness (QED) is 0.626. The maximum absolute atomic E-state index is 13.0. The summed E-state index contributed by atoms with van der Waals surface area (Å²) < 4.78 is 5.18. The fraction of sp³-hybridized carbons (Fsp3) is 0.900. The third-order valence-corrected chi connectivity index (χ3v) is 8.14. The average Bonchev–Trinajstić information content (AvgIpc) is 2.64. The number of esters is 1. The number of carboxylic acid groups (broad SMARTS) is 1. The molecule has 0 spiro atoms. The Hall–Kier alpha value is -1.06. The van der Waals surface area contributed by atoms with E-state index >= 15 is 0 Å². The van der Waals surface area contributed by atoms with Gasteiger partial charge in [0.15, 0.2) is 5.41 Å². The summed E-state index contributed by atoms with van der Waals surface area (Å²) in [5.41, 5.74) is -1.29. The Bertz CT molecular complexity index is 482. The van der Waals surface area contributed by atoms with Gasteiger partial charge in [-0.3, -0.25) is 9.59 Å². The van der Waals surface area contributed by atoms with Crippen molar-refractivity contribution in [1.29, 1.82) is 0 Å². The van der Waals surface area contributed by atoms with Crippen LogP contribution in [0.25, 0.3) is 0 Å². The summed E-state index contributed by atoms with van der Waals surface area (Å²) in [6.07, 6.45) is 11.1. The van der Waals surface area contributed by atoms with E-state index < -0.39 is 17.4 Å². The van der Waals surface area contributed by atoms with Crippen LogP contribution in [0.4, 0.5) is 0 Å². The van der Waals surface area contributed by atoms with Crippen LogP contribution in [0, 0.1) is 40.9 Å². The van der Waals surface area contributed by atoms with Gasteiger partial charge in [0.25, 0.3) is 0 Å². The first kappa shape index (κ1) is 16.4. The zero-order valence-electron chi connectivity index (χ0n) is 14.7. The van der Waals surface area contributed by atoms with Crippen molar-refractivity contribution in [1.82, 2.24) is 0 Å². The second kappa shape index (κ2) is 6.03. The van der Waals surface area contributed by atoms with E-state index in [1.54, 1.807) is 0 Å². The number of aliphatic carboxylic acids is 1. The summed E-state index contributed by atoms with van der Waals surface area (Å²) in [6, 6.07) is 0. The molecule has 1 N–H and O–H groups in total. The monoisotopic (exact) mass is 334 g/mol. The van der Waals surface area contributed by atoms with Gasteiger partial charge in [0.2, 0.25) is 0 Å². The van der Waals surface area contributed by atoms with Gasteiger partial charge in [0.1, 0.15) is 0 Å². The van der Waals surface area contributed by atoms with E-state index in [1.807, 2.05) is 0 Å². The molecular weight excluding hydrogens is 304 g/mol. The molecule has 0 saturated heterocycles. The van der Waals surface area contributed by atoms with Gasteiger partial charge in [-0.2, -0.15) is 0 Å². The molecule has 0 radical (unpaired) electrons. The Labute approximate surface area is 144 Å². The van der Waals surface area contributed by atoms with E-state index in [9.17, 15) is 14.7 Å². The van der Waals surface area contributed by atoms with E-state index in [0.29, 0.717) is 23.7 Å². The minimum Gasteiger partial charge on any atom is -0.480 e. The van der Waals surface area contributed by atoms with Gasteiger partial charge in [-0.1, -0.05) is 25.7 Å². The lowest BCUT2D eigenvalue weighted by atomic mass is 9.47. The highest BCUT2D eigenvalue weighted by Crippen LogP contribution is 2.61. The Kier molecular flexibility index (Phi) is 4.12. The number of ether oxygens (including phenoxy) is 1. The standard InChI is InChI=1S/C20H30O4/c1-24-19(23)20(18(21)22,16-10-12-2-6-14(16)7-3-12)17-11-13-4-8-15(17)9-5-13/h12-17H,2-11H2,1H3,(H,21,22). The largest absolute Gasteiger partial charge is 0.480 e. The topological polar surface area (TPSA) is 63.6 Å². The molecule has 6 aliphatic carbocycles. The molecule has 134 valence electrons. The Morgan fingerprint density at radius 1 is 0.833 bits per heavy atom. The second-order valence-corrected chi connectivity index (χ2v) is 8.91. The van der Waals surface area contributed by atoms with Crippen molar-refractivity contribution in [2.75, 3.05) is 7.11 Å². The van der Waals surface area contributed by atoms with Gasteiger partial charge in [-0.05, 0) is 74.0 Å². The number of carboxylic acids is 1. The summed E-state index contributed by atoms with van der Waals surface area (Å²) in [5, 5.41) is 10.4. The van der Waals surface area contributed by atoms with Crippen LogP contribution < -0.4 is 0 Å². The Morgan fingerprint density at radius 3 is 1.50 bits per heavy atom. The predicted octanol–water partition coefficient (Wildman–Crippen LogP) is 3.88. The highest BCUT2D eigenvalue weighted by atomic mass is 16.5. The van der Waals surface area contributed by atoms with Crippen LogP contribution in [0.1, 0.15) is 64.2 Å². The van der Waals surface area contributed by atoms with Crippen LogP contribution in [-0.2, 0) is 14.3 Å². The maximum atomic E-state index is 13.0. The number of carbonyl (C=O) groups excluding carboxylic acids is 1. The van der Waals surface area contributed by atoms with Crippen molar-refractivity contribution >= 4 is 11.9 Å². The van der Waals surface area contributed by atoms with E-state index in [0.717, 1.165) is 38.5 Å². The number of carbonyl (C=O) groups is 2. The summed E-state index contributed by atoms with van der Waals surface area (Å²) in [7, 11) is 1.38. The van der Waals surface area contributed by atoms with Crippen LogP contribution in [0.3, 0.4) is 0 Å². The molecular formula is C20H30O4. The first-order valence-corrected chi connectivity index (χ1v) is 9.89. The van der Waals surface area contributed by atoms with Crippen molar-refractivity contribution in [2.24, 2.45) is 40.9 Å². The van der Waals surface area contributed by atoms with Gasteiger partial charge >= 0.3 is 11.9 Å². The first-order chi connectivity index (χ1) is 11.6. The molecule has 0 heterocycles. The molecule has 6 rings (SSSR count). The van der Waals surface area contributed by atoms with Crippen molar-refractivity contribution in [3.63, 3.8) is 0 Å². The van der Waals surface area contributed by atoms with Gasteiger partial charge in [0, 0.05) is 0 Å². The summed E-state index contributed by atoms with van der Waals surface area (Å²) in [4.78, 5) is 25.7. The van der Waals surface area contributed by atoms with Crippen LogP contribution >= 0.6 is 0 Å². The lowest BCUT2D eigenvalue weighted by Crippen LogP contribution is -2.59. The van der Waals surface area contributed by atoms with E-state index in [1.165, 1.54) is 32.8 Å². The smallest absolute Gasteiger partial charge is 0.323 e. The minimum absolute atomic E-state index is 0.0145. The molecule has 4 bridgehead atoms. The fourth-order valence-electron chi connectivity index (χ4n) is 7.02. The summed E-state index contributed by atoms with van der Waals surface area (Å²) >= 11 is 0. The number of fused-ring (bicyclic) bond motifs is 6. The number of hydrogen-bond acceptors (Lipinski definition) is 3. The minimum atomic E-state index is -1.29. The van der Waals surface area contributed by atoms with Crippen molar-refractivity contribution in [3.8, 4) is 0 Å². The van der Waals surface area contributed by atoms with E-state index in [2.05, 4.69) is 0 Å². The van der Waals surface area contributed by atoms with Crippen LogP contribution in [0.15, 0.2) is 0 Å². The molecule has 6 aliphatic rings. The predicted molar refractivity (Wildman–Crippen MR) is 89.2 cm³/mol. The van der Waals surface area contributed by atoms with Gasteiger partial charge in [-0.25, -0.2) is 0 Å². The molecule has 2 unspecified atom stereocenters. The van der Waals surface area contributed by atoms with E-state index in [-0.39, 0.29) is 11.8 Å². The summed E-state index contributed by atoms with van der Waals surface area (Å²) in [5.74, 6) is 0.637. The molecule has 0 aromatic heterocycles. The summed E-state index contributed by atoms with van der Waals surface area (Å²) in [6.45, 7) is 0. The number of rotatable bonds is 4. The first-order valence-electron chi connectivity index (χ1n) is 9.89. The second-order valence-electron chi connectivity index (χ2n) is 8.91.